The van der Waals surface area contributed by atoms with Crippen LogP contribution < -0.4 is 5.63 Å². The molecule has 1 N–H and O–H groups in total. The number of aryl methyl sites for hydroxylation is 1. The van der Waals surface area contributed by atoms with Crippen molar-refractivity contribution in [2.75, 3.05) is 6.61 Å². The summed E-state index contributed by atoms with van der Waals surface area (Å²) >= 11 is 0. The molecule has 0 unspecified atom stereocenters. The largest absolute Gasteiger partial charge is 0.462 e. The van der Waals surface area contributed by atoms with E-state index < -0.39 is 29.5 Å². The molecule has 8 heteroatoms. The van der Waals surface area contributed by atoms with E-state index in [1.54, 1.807) is 45.0 Å². The van der Waals surface area contributed by atoms with E-state index in [4.69, 9.17) is 13.9 Å². The summed E-state index contributed by atoms with van der Waals surface area (Å²) in [6.45, 7) is 6.53. The van der Waals surface area contributed by atoms with Gasteiger partial charge in [-0.2, -0.15) is 0 Å². The number of rotatable bonds is 6. The van der Waals surface area contributed by atoms with Crippen molar-refractivity contribution >= 4 is 28.7 Å². The van der Waals surface area contributed by atoms with Gasteiger partial charge in [0.25, 0.3) is 0 Å². The molecule has 0 bridgehead atoms. The third kappa shape index (κ3) is 3.89. The maximum absolute atomic E-state index is 12.8. The lowest BCUT2D eigenvalue weighted by Gasteiger charge is -2.12. The Balaban J connectivity index is 1.83. The maximum Gasteiger partial charge on any atom is 0.351 e. The van der Waals surface area contributed by atoms with Crippen molar-refractivity contribution in [3.63, 3.8) is 0 Å². The molecule has 30 heavy (non-hydrogen) atoms. The number of ketones is 1. The van der Waals surface area contributed by atoms with Gasteiger partial charge in [0.15, 0.2) is 6.10 Å². The van der Waals surface area contributed by atoms with Crippen LogP contribution in [0.5, 0.6) is 0 Å². The van der Waals surface area contributed by atoms with Gasteiger partial charge >= 0.3 is 17.6 Å². The Kier molecular flexibility index (Phi) is 5.86. The van der Waals surface area contributed by atoms with Crippen molar-refractivity contribution < 1.29 is 28.3 Å². The molecule has 3 rings (SSSR count). The number of hydrogen-bond donors (Lipinski definition) is 1. The van der Waals surface area contributed by atoms with Gasteiger partial charge in [-0.1, -0.05) is 18.2 Å². The van der Waals surface area contributed by atoms with Crippen LogP contribution in [-0.2, 0) is 9.47 Å². The fourth-order valence-electron chi connectivity index (χ4n) is 3.19. The van der Waals surface area contributed by atoms with Crippen LogP contribution in [0, 0.1) is 13.8 Å². The molecule has 0 saturated heterocycles. The average Bonchev–Trinajstić information content (AvgIpc) is 3.00. The summed E-state index contributed by atoms with van der Waals surface area (Å²) in [5.74, 6) is -2.05. The number of aromatic amines is 1. The second-order valence-corrected chi connectivity index (χ2v) is 6.74. The van der Waals surface area contributed by atoms with Crippen LogP contribution in [0.15, 0.2) is 39.5 Å². The van der Waals surface area contributed by atoms with Gasteiger partial charge in [0.2, 0.25) is 5.78 Å². The Hall–Kier alpha value is -3.68. The molecule has 0 amide bonds. The monoisotopic (exact) mass is 411 g/mol. The molecule has 0 saturated carbocycles. The quantitative estimate of drug-likeness (QED) is 0.376. The minimum Gasteiger partial charge on any atom is -0.462 e. The summed E-state index contributed by atoms with van der Waals surface area (Å²) in [5.41, 5.74) is 0.476. The van der Waals surface area contributed by atoms with E-state index in [2.05, 4.69) is 4.98 Å². The highest BCUT2D eigenvalue weighted by molar-refractivity contribution is 6.04. The molecule has 156 valence electrons. The molecular weight excluding hydrogens is 390 g/mol. The lowest BCUT2D eigenvalue weighted by atomic mass is 10.1. The maximum atomic E-state index is 12.8. The first-order valence-electron chi connectivity index (χ1n) is 9.39. The van der Waals surface area contributed by atoms with Crippen molar-refractivity contribution in [1.82, 2.24) is 4.98 Å². The fraction of sp³-hybridized carbons (Fsp3) is 0.273. The van der Waals surface area contributed by atoms with E-state index in [-0.39, 0.29) is 23.4 Å². The molecule has 0 fully saturated rings. The number of carbonyl (C=O) groups is 3. The first-order chi connectivity index (χ1) is 14.2. The van der Waals surface area contributed by atoms with Gasteiger partial charge in [0, 0.05) is 11.1 Å². The number of Topliss-reactive ketones (excluding diaryl/α,β-unsaturated/α-hetero) is 1. The zero-order valence-electron chi connectivity index (χ0n) is 17.0. The van der Waals surface area contributed by atoms with E-state index in [1.807, 2.05) is 0 Å². The van der Waals surface area contributed by atoms with E-state index in [9.17, 15) is 19.2 Å². The van der Waals surface area contributed by atoms with E-state index in [0.29, 0.717) is 22.2 Å². The normalized spacial score (nSPS) is 11.9. The van der Waals surface area contributed by atoms with Crippen LogP contribution in [0.3, 0.4) is 0 Å². The number of ether oxygens (including phenoxy) is 2. The van der Waals surface area contributed by atoms with E-state index in [1.165, 1.54) is 13.0 Å². The molecule has 2 aromatic heterocycles. The minimum atomic E-state index is -1.20. The number of H-pyrrole nitrogens is 1. The highest BCUT2D eigenvalue weighted by Gasteiger charge is 2.28. The summed E-state index contributed by atoms with van der Waals surface area (Å²) in [6.07, 6.45) is -1.20. The molecule has 1 aromatic carbocycles. The SMILES string of the molecule is CCOC(=O)c1c(C)[nH]c(C(=O)[C@@H](C)OC(=O)c2cc3ccccc3oc2=O)c1C. The molecule has 1 atom stereocenters. The third-order valence-corrected chi connectivity index (χ3v) is 4.68. The highest BCUT2D eigenvalue weighted by Crippen LogP contribution is 2.21. The van der Waals surface area contributed by atoms with Gasteiger partial charge in [0.1, 0.15) is 11.1 Å². The summed E-state index contributed by atoms with van der Waals surface area (Å²) in [7, 11) is 0. The molecule has 3 aromatic rings. The minimum absolute atomic E-state index is 0.140. The first-order valence-corrected chi connectivity index (χ1v) is 9.39. The first kappa shape index (κ1) is 21.0. The number of nitrogens with one attached hydrogen (secondary N) is 1. The number of fused-ring (bicyclic) bond motifs is 1. The zero-order valence-corrected chi connectivity index (χ0v) is 17.0. The lowest BCUT2D eigenvalue weighted by Crippen LogP contribution is -2.27. The van der Waals surface area contributed by atoms with Crippen LogP contribution in [0.1, 0.15) is 56.3 Å². The molecule has 0 aliphatic heterocycles. The van der Waals surface area contributed by atoms with E-state index in [0.717, 1.165) is 0 Å². The molecule has 2 heterocycles. The van der Waals surface area contributed by atoms with Crippen LogP contribution in [-0.4, -0.2) is 35.4 Å². The zero-order chi connectivity index (χ0) is 22.0. The van der Waals surface area contributed by atoms with Gasteiger partial charge in [0.05, 0.1) is 17.9 Å². The standard InChI is InChI=1S/C22H21NO7/c1-5-28-22(27)17-11(2)18(23-12(17)3)19(24)13(4)29-20(25)15-10-14-8-6-7-9-16(14)30-21(15)26/h6-10,13,23H,5H2,1-4H3/t13-/m1/s1. The number of esters is 2. The fourth-order valence-corrected chi connectivity index (χ4v) is 3.19. The van der Waals surface area contributed by atoms with Gasteiger partial charge in [-0.05, 0) is 45.4 Å². The summed E-state index contributed by atoms with van der Waals surface area (Å²) in [6, 6.07) is 8.10. The van der Waals surface area contributed by atoms with Crippen LogP contribution in [0.2, 0.25) is 0 Å². The third-order valence-electron chi connectivity index (χ3n) is 4.68. The van der Waals surface area contributed by atoms with Crippen molar-refractivity contribution in [2.24, 2.45) is 0 Å². The van der Waals surface area contributed by atoms with Crippen LogP contribution in [0.25, 0.3) is 11.0 Å². The number of benzene rings is 1. The Morgan fingerprint density at radius 1 is 1.13 bits per heavy atom. The summed E-state index contributed by atoms with van der Waals surface area (Å²) in [4.78, 5) is 52.4. The second kappa shape index (κ2) is 8.36. The summed E-state index contributed by atoms with van der Waals surface area (Å²) < 4.78 is 15.4. The molecule has 0 aliphatic rings. The molecule has 0 aliphatic carbocycles. The Labute approximate surface area is 171 Å². The Morgan fingerprint density at radius 2 is 1.83 bits per heavy atom. The van der Waals surface area contributed by atoms with Crippen molar-refractivity contribution in [3.05, 3.63) is 68.8 Å². The smallest absolute Gasteiger partial charge is 0.351 e. The Bertz CT molecular complexity index is 1200. The molecule has 0 radical (unpaired) electrons. The number of aromatic nitrogens is 1. The van der Waals surface area contributed by atoms with Crippen molar-refractivity contribution in [2.45, 2.75) is 33.8 Å². The predicted octanol–water partition coefficient (Wildman–Crippen LogP) is 3.34. The van der Waals surface area contributed by atoms with Crippen LogP contribution >= 0.6 is 0 Å². The topological polar surface area (TPSA) is 116 Å². The second-order valence-electron chi connectivity index (χ2n) is 6.74. The molecular formula is C22H21NO7. The van der Waals surface area contributed by atoms with Gasteiger partial charge in [-0.3, -0.25) is 4.79 Å². The molecule has 8 nitrogen and oxygen atoms in total. The summed E-state index contributed by atoms with van der Waals surface area (Å²) in [5, 5.41) is 0.554. The highest BCUT2D eigenvalue weighted by atomic mass is 16.5. The van der Waals surface area contributed by atoms with Gasteiger partial charge < -0.3 is 18.9 Å². The van der Waals surface area contributed by atoms with Crippen molar-refractivity contribution in [1.29, 1.82) is 0 Å². The van der Waals surface area contributed by atoms with Gasteiger partial charge in [-0.25, -0.2) is 14.4 Å². The lowest BCUT2D eigenvalue weighted by molar-refractivity contribution is 0.0313. The molecule has 0 spiro atoms. The van der Waals surface area contributed by atoms with E-state index >= 15 is 0 Å². The predicted molar refractivity (Wildman–Crippen MR) is 108 cm³/mol. The number of para-hydroxylation sites is 1. The number of carbonyl (C=O) groups excluding carboxylic acids is 3. The van der Waals surface area contributed by atoms with Crippen molar-refractivity contribution in [3.8, 4) is 0 Å². The average molecular weight is 411 g/mol. The Morgan fingerprint density at radius 3 is 2.53 bits per heavy atom. The van der Waals surface area contributed by atoms with Gasteiger partial charge in [-0.15, -0.1) is 0 Å². The van der Waals surface area contributed by atoms with Crippen LogP contribution in [0.4, 0.5) is 0 Å². The number of hydrogen-bond acceptors (Lipinski definition) is 7.